The number of nitrogens with one attached hydrogen (secondary N) is 2. The van der Waals surface area contributed by atoms with E-state index in [9.17, 15) is 9.59 Å². The predicted octanol–water partition coefficient (Wildman–Crippen LogP) is 3.68. The highest BCUT2D eigenvalue weighted by Gasteiger charge is 2.24. The fraction of sp³-hybridized carbons (Fsp3) is 0.231. The van der Waals surface area contributed by atoms with Crippen LogP contribution in [0, 0.1) is 0 Å². The lowest BCUT2D eigenvalue weighted by molar-refractivity contribution is -0.123. The summed E-state index contributed by atoms with van der Waals surface area (Å²) < 4.78 is 11.2. The second-order valence-corrected chi connectivity index (χ2v) is 7.72. The zero-order valence-electron chi connectivity index (χ0n) is 17.9. The van der Waals surface area contributed by atoms with Gasteiger partial charge in [0.2, 0.25) is 5.91 Å². The normalized spacial score (nSPS) is 14.2. The van der Waals surface area contributed by atoms with Gasteiger partial charge in [0.1, 0.15) is 19.3 Å². The molecule has 0 radical (unpaired) electrons. The van der Waals surface area contributed by atoms with Crippen LogP contribution >= 0.6 is 0 Å². The molecular formula is C26H26N2O4. The van der Waals surface area contributed by atoms with E-state index in [0.29, 0.717) is 36.7 Å². The Morgan fingerprint density at radius 2 is 1.50 bits per heavy atom. The third-order valence-electron chi connectivity index (χ3n) is 5.37. The van der Waals surface area contributed by atoms with Gasteiger partial charge in [-0.15, -0.1) is 0 Å². The molecule has 6 nitrogen and oxygen atoms in total. The van der Waals surface area contributed by atoms with Gasteiger partial charge in [0.15, 0.2) is 11.5 Å². The van der Waals surface area contributed by atoms with E-state index in [0.717, 1.165) is 11.1 Å². The number of carbonyl (C=O) groups excluding carboxylic acids is 2. The van der Waals surface area contributed by atoms with Crippen LogP contribution in [-0.4, -0.2) is 31.1 Å². The number of benzene rings is 3. The van der Waals surface area contributed by atoms with Crippen LogP contribution < -0.4 is 20.1 Å². The van der Waals surface area contributed by atoms with Gasteiger partial charge in [-0.3, -0.25) is 9.59 Å². The standard InChI is InChI=1S/C26H26N2O4/c1-18(21-12-13-23-24(17-21)32-15-14-31-23)27-26(30)22(16-19-8-4-2-5-9-19)28-25(29)20-10-6-3-7-11-20/h2-13,17-18,22H,14-16H2,1H3,(H,27,30)(H,28,29)/t18-,22+/m1/s1. The van der Waals surface area contributed by atoms with Gasteiger partial charge in [-0.05, 0) is 42.3 Å². The van der Waals surface area contributed by atoms with Crippen molar-refractivity contribution in [2.24, 2.45) is 0 Å². The van der Waals surface area contributed by atoms with Gasteiger partial charge in [-0.2, -0.15) is 0 Å². The Morgan fingerprint density at radius 1 is 0.844 bits per heavy atom. The highest BCUT2D eigenvalue weighted by molar-refractivity contribution is 5.97. The lowest BCUT2D eigenvalue weighted by Gasteiger charge is -2.23. The van der Waals surface area contributed by atoms with Crippen molar-refractivity contribution < 1.29 is 19.1 Å². The SMILES string of the molecule is C[C@@H](NC(=O)[C@H](Cc1ccccc1)NC(=O)c1ccccc1)c1ccc2c(c1)OCCO2. The molecule has 3 aromatic carbocycles. The molecule has 1 heterocycles. The molecule has 6 heteroatoms. The van der Waals surface area contributed by atoms with Crippen LogP contribution in [0.15, 0.2) is 78.9 Å². The molecule has 0 saturated heterocycles. The molecule has 0 aliphatic carbocycles. The molecule has 0 spiro atoms. The second-order valence-electron chi connectivity index (χ2n) is 7.72. The third kappa shape index (κ3) is 5.27. The molecule has 0 unspecified atom stereocenters. The molecule has 0 saturated carbocycles. The number of rotatable bonds is 7. The minimum absolute atomic E-state index is 0.250. The molecule has 2 N–H and O–H groups in total. The van der Waals surface area contributed by atoms with Gasteiger partial charge in [-0.25, -0.2) is 0 Å². The Bertz CT molecular complexity index is 1070. The van der Waals surface area contributed by atoms with Crippen molar-refractivity contribution in [1.82, 2.24) is 10.6 Å². The van der Waals surface area contributed by atoms with Crippen molar-refractivity contribution in [3.8, 4) is 11.5 Å². The van der Waals surface area contributed by atoms with E-state index in [4.69, 9.17) is 9.47 Å². The summed E-state index contributed by atoms with van der Waals surface area (Å²) in [5.41, 5.74) is 2.38. The van der Waals surface area contributed by atoms with E-state index in [1.165, 1.54) is 0 Å². The minimum Gasteiger partial charge on any atom is -0.486 e. The average molecular weight is 431 g/mol. The smallest absolute Gasteiger partial charge is 0.251 e. The molecule has 32 heavy (non-hydrogen) atoms. The number of hydrogen-bond donors (Lipinski definition) is 2. The first-order valence-electron chi connectivity index (χ1n) is 10.7. The highest BCUT2D eigenvalue weighted by atomic mass is 16.6. The molecule has 3 aromatic rings. The predicted molar refractivity (Wildman–Crippen MR) is 122 cm³/mol. The lowest BCUT2D eigenvalue weighted by atomic mass is 10.0. The van der Waals surface area contributed by atoms with Gasteiger partial charge in [0, 0.05) is 12.0 Å². The third-order valence-corrected chi connectivity index (χ3v) is 5.37. The van der Waals surface area contributed by atoms with E-state index in [1.807, 2.05) is 61.5 Å². The molecule has 0 aromatic heterocycles. The van der Waals surface area contributed by atoms with E-state index < -0.39 is 6.04 Å². The van der Waals surface area contributed by atoms with E-state index in [-0.39, 0.29) is 17.9 Å². The fourth-order valence-corrected chi connectivity index (χ4v) is 3.62. The molecule has 1 aliphatic rings. The van der Waals surface area contributed by atoms with Crippen molar-refractivity contribution >= 4 is 11.8 Å². The summed E-state index contributed by atoms with van der Waals surface area (Å²) in [6.45, 7) is 2.94. The number of hydrogen-bond acceptors (Lipinski definition) is 4. The van der Waals surface area contributed by atoms with Gasteiger partial charge in [0.05, 0.1) is 6.04 Å². The summed E-state index contributed by atoms with van der Waals surface area (Å²) in [5, 5.41) is 5.92. The first-order valence-corrected chi connectivity index (χ1v) is 10.7. The van der Waals surface area contributed by atoms with Crippen LogP contribution in [0.5, 0.6) is 11.5 Å². The maximum atomic E-state index is 13.2. The first kappa shape index (κ1) is 21.4. The van der Waals surface area contributed by atoms with Gasteiger partial charge in [-0.1, -0.05) is 54.6 Å². The van der Waals surface area contributed by atoms with Gasteiger partial charge in [0.25, 0.3) is 5.91 Å². The Morgan fingerprint density at radius 3 is 2.22 bits per heavy atom. The molecular weight excluding hydrogens is 404 g/mol. The van der Waals surface area contributed by atoms with Crippen LogP contribution in [0.1, 0.15) is 34.5 Å². The van der Waals surface area contributed by atoms with Crippen molar-refractivity contribution in [3.63, 3.8) is 0 Å². The first-order chi connectivity index (χ1) is 15.6. The summed E-state index contributed by atoms with van der Waals surface area (Å²) in [7, 11) is 0. The summed E-state index contributed by atoms with van der Waals surface area (Å²) in [6, 6.07) is 23.2. The summed E-state index contributed by atoms with van der Waals surface area (Å²) >= 11 is 0. The number of ether oxygens (including phenoxy) is 2. The zero-order valence-corrected chi connectivity index (χ0v) is 17.9. The molecule has 4 rings (SSSR count). The van der Waals surface area contributed by atoms with Crippen molar-refractivity contribution in [1.29, 1.82) is 0 Å². The Kier molecular flexibility index (Phi) is 6.70. The minimum atomic E-state index is -0.718. The average Bonchev–Trinajstić information content (AvgIpc) is 2.84. The highest BCUT2D eigenvalue weighted by Crippen LogP contribution is 2.32. The van der Waals surface area contributed by atoms with Crippen LogP contribution in [0.2, 0.25) is 0 Å². The molecule has 2 amide bonds. The number of carbonyl (C=O) groups is 2. The van der Waals surface area contributed by atoms with Crippen LogP contribution in [-0.2, 0) is 11.2 Å². The number of amides is 2. The van der Waals surface area contributed by atoms with E-state index in [2.05, 4.69) is 10.6 Å². The van der Waals surface area contributed by atoms with Gasteiger partial charge < -0.3 is 20.1 Å². The van der Waals surface area contributed by atoms with E-state index >= 15 is 0 Å². The monoisotopic (exact) mass is 430 g/mol. The Hall–Kier alpha value is -3.80. The van der Waals surface area contributed by atoms with Crippen LogP contribution in [0.4, 0.5) is 0 Å². The van der Waals surface area contributed by atoms with Crippen LogP contribution in [0.3, 0.4) is 0 Å². The lowest BCUT2D eigenvalue weighted by Crippen LogP contribution is -2.48. The maximum absolute atomic E-state index is 13.2. The van der Waals surface area contributed by atoms with Crippen molar-refractivity contribution in [2.45, 2.75) is 25.4 Å². The van der Waals surface area contributed by atoms with Crippen molar-refractivity contribution in [3.05, 3.63) is 95.6 Å². The van der Waals surface area contributed by atoms with Crippen LogP contribution in [0.25, 0.3) is 0 Å². The summed E-state index contributed by atoms with van der Waals surface area (Å²) in [6.07, 6.45) is 0.388. The van der Waals surface area contributed by atoms with Crippen molar-refractivity contribution in [2.75, 3.05) is 13.2 Å². The zero-order chi connectivity index (χ0) is 22.3. The summed E-state index contributed by atoms with van der Waals surface area (Å²) in [4.78, 5) is 25.9. The molecule has 1 aliphatic heterocycles. The quantitative estimate of drug-likeness (QED) is 0.600. The molecule has 164 valence electrons. The Balaban J connectivity index is 1.49. The maximum Gasteiger partial charge on any atom is 0.251 e. The second kappa shape index (κ2) is 10.0. The summed E-state index contributed by atoms with van der Waals surface area (Å²) in [5.74, 6) is 0.845. The largest absolute Gasteiger partial charge is 0.486 e. The van der Waals surface area contributed by atoms with E-state index in [1.54, 1.807) is 24.3 Å². The Labute approximate surface area is 187 Å². The molecule has 0 bridgehead atoms. The molecule has 2 atom stereocenters. The molecule has 0 fully saturated rings. The fourth-order valence-electron chi connectivity index (χ4n) is 3.62. The topological polar surface area (TPSA) is 76.7 Å². The number of fused-ring (bicyclic) bond motifs is 1. The van der Waals surface area contributed by atoms with Gasteiger partial charge >= 0.3 is 0 Å².